The fourth-order valence-electron chi connectivity index (χ4n) is 3.63. The van der Waals surface area contributed by atoms with E-state index >= 15 is 0 Å². The molecule has 1 saturated heterocycles. The van der Waals surface area contributed by atoms with Gasteiger partial charge in [-0.3, -0.25) is 9.69 Å². The van der Waals surface area contributed by atoms with Gasteiger partial charge in [-0.25, -0.2) is 4.39 Å². The molecule has 1 amide bonds. The van der Waals surface area contributed by atoms with Gasteiger partial charge in [0, 0.05) is 44.5 Å². The molecule has 0 saturated carbocycles. The highest BCUT2D eigenvalue weighted by atomic mass is 19.1. The van der Waals surface area contributed by atoms with Crippen molar-refractivity contribution in [3.8, 4) is 0 Å². The van der Waals surface area contributed by atoms with E-state index < -0.39 is 0 Å². The van der Waals surface area contributed by atoms with E-state index in [4.69, 9.17) is 8.83 Å². The van der Waals surface area contributed by atoms with Crippen LogP contribution in [0.4, 0.5) is 10.1 Å². The van der Waals surface area contributed by atoms with Crippen LogP contribution >= 0.6 is 0 Å². The minimum Gasteiger partial charge on any atom is -0.468 e. The number of amides is 1. The van der Waals surface area contributed by atoms with Gasteiger partial charge >= 0.3 is 0 Å². The van der Waals surface area contributed by atoms with E-state index in [1.807, 2.05) is 12.1 Å². The fraction of sp³-hybridized carbons (Fsp3) is 0.261. The third-order valence-corrected chi connectivity index (χ3v) is 5.23. The average molecular weight is 409 g/mol. The van der Waals surface area contributed by atoms with Gasteiger partial charge < -0.3 is 19.1 Å². The largest absolute Gasteiger partial charge is 0.468 e. The number of halogens is 1. The third-order valence-electron chi connectivity index (χ3n) is 5.23. The van der Waals surface area contributed by atoms with Gasteiger partial charge in [0.05, 0.1) is 18.6 Å². The highest BCUT2D eigenvalue weighted by Gasteiger charge is 2.27. The second-order valence-corrected chi connectivity index (χ2v) is 7.12. The van der Waals surface area contributed by atoms with E-state index in [1.54, 1.807) is 42.9 Å². The molecule has 1 aromatic carbocycles. The van der Waals surface area contributed by atoms with Crippen LogP contribution in [0.15, 0.2) is 76.0 Å². The van der Waals surface area contributed by atoms with Crippen molar-refractivity contribution in [3.63, 3.8) is 0 Å². The normalized spacial score (nSPS) is 16.1. The highest BCUT2D eigenvalue weighted by molar-refractivity contribution is 5.91. The summed E-state index contributed by atoms with van der Waals surface area (Å²) >= 11 is 0. The van der Waals surface area contributed by atoms with Gasteiger partial charge in [-0.2, -0.15) is 0 Å². The molecule has 1 fully saturated rings. The minimum absolute atomic E-state index is 0.0590. The molecule has 2 aromatic heterocycles. The number of benzene rings is 1. The lowest BCUT2D eigenvalue weighted by atomic mass is 10.1. The molecule has 1 unspecified atom stereocenters. The second kappa shape index (κ2) is 9.45. The lowest BCUT2D eigenvalue weighted by Gasteiger charge is -2.39. The molecule has 1 N–H and O–H groups in total. The maximum absolute atomic E-state index is 13.2. The number of carbonyl (C=O) groups excluding carboxylic acids is 1. The molecule has 4 rings (SSSR count). The smallest absolute Gasteiger partial charge is 0.244 e. The van der Waals surface area contributed by atoms with Crippen LogP contribution in [0.2, 0.25) is 0 Å². The summed E-state index contributed by atoms with van der Waals surface area (Å²) in [6.45, 7) is 3.68. The standard InChI is InChI=1S/C23H24FN3O3/c24-18-5-7-19(8-6-18)26-11-13-27(14-12-26)21(22-4-2-16-30-22)17-25-23(28)10-9-20-3-1-15-29-20/h1-10,15-16,21H,11-14,17H2,(H,25,28)/b10-9+. The maximum atomic E-state index is 13.2. The molecular weight excluding hydrogens is 385 g/mol. The van der Waals surface area contributed by atoms with E-state index in [2.05, 4.69) is 15.1 Å². The number of nitrogens with zero attached hydrogens (tertiary/aromatic N) is 2. The van der Waals surface area contributed by atoms with Crippen molar-refractivity contribution >= 4 is 17.7 Å². The van der Waals surface area contributed by atoms with Crippen LogP contribution in [0, 0.1) is 5.82 Å². The van der Waals surface area contributed by atoms with Crippen molar-refractivity contribution in [1.29, 1.82) is 0 Å². The molecule has 0 spiro atoms. The van der Waals surface area contributed by atoms with Gasteiger partial charge in [0.15, 0.2) is 0 Å². The number of nitrogens with one attached hydrogen (secondary N) is 1. The molecule has 1 atom stereocenters. The van der Waals surface area contributed by atoms with Gasteiger partial charge in [-0.1, -0.05) is 0 Å². The van der Waals surface area contributed by atoms with Crippen molar-refractivity contribution in [2.75, 3.05) is 37.6 Å². The molecule has 3 aromatic rings. The Morgan fingerprint density at radius 2 is 1.77 bits per heavy atom. The van der Waals surface area contributed by atoms with Crippen molar-refractivity contribution in [3.05, 3.63) is 84.5 Å². The van der Waals surface area contributed by atoms with Crippen LogP contribution in [-0.2, 0) is 4.79 Å². The first-order valence-corrected chi connectivity index (χ1v) is 9.96. The van der Waals surface area contributed by atoms with Gasteiger partial charge in [-0.15, -0.1) is 0 Å². The summed E-state index contributed by atoms with van der Waals surface area (Å²) in [7, 11) is 0. The second-order valence-electron chi connectivity index (χ2n) is 7.12. The number of piperazine rings is 1. The summed E-state index contributed by atoms with van der Waals surface area (Å²) in [5, 5.41) is 2.96. The van der Waals surface area contributed by atoms with Crippen LogP contribution in [0.5, 0.6) is 0 Å². The quantitative estimate of drug-likeness (QED) is 0.603. The van der Waals surface area contributed by atoms with E-state index in [0.29, 0.717) is 12.3 Å². The Hall–Kier alpha value is -3.32. The number of anilines is 1. The minimum atomic E-state index is -0.230. The lowest BCUT2D eigenvalue weighted by Crippen LogP contribution is -2.49. The van der Waals surface area contributed by atoms with Crippen LogP contribution in [0.3, 0.4) is 0 Å². The van der Waals surface area contributed by atoms with Crippen molar-refractivity contribution in [2.45, 2.75) is 6.04 Å². The Morgan fingerprint density at radius 3 is 2.43 bits per heavy atom. The zero-order valence-electron chi connectivity index (χ0n) is 16.5. The number of hydrogen-bond donors (Lipinski definition) is 1. The summed E-state index contributed by atoms with van der Waals surface area (Å²) in [4.78, 5) is 16.8. The summed E-state index contributed by atoms with van der Waals surface area (Å²) in [5.41, 5.74) is 1.02. The molecular formula is C23H24FN3O3. The average Bonchev–Trinajstić information content (AvgIpc) is 3.48. The fourth-order valence-corrected chi connectivity index (χ4v) is 3.63. The first-order chi connectivity index (χ1) is 14.7. The van der Waals surface area contributed by atoms with E-state index in [0.717, 1.165) is 37.6 Å². The first kappa shape index (κ1) is 20.0. The third kappa shape index (κ3) is 4.99. The molecule has 30 heavy (non-hydrogen) atoms. The molecule has 1 aliphatic rings. The molecule has 156 valence electrons. The number of carbonyl (C=O) groups is 1. The number of hydrogen-bond acceptors (Lipinski definition) is 5. The van der Waals surface area contributed by atoms with E-state index in [1.165, 1.54) is 18.2 Å². The van der Waals surface area contributed by atoms with Crippen molar-refractivity contribution in [1.82, 2.24) is 10.2 Å². The summed E-state index contributed by atoms with van der Waals surface area (Å²) < 4.78 is 24.0. The Morgan fingerprint density at radius 1 is 1.03 bits per heavy atom. The SMILES string of the molecule is O=C(/C=C/c1ccco1)NCC(c1ccco1)N1CCN(c2ccc(F)cc2)CC1. The Kier molecular flexibility index (Phi) is 6.29. The molecule has 1 aliphatic heterocycles. The topological polar surface area (TPSA) is 61.9 Å². The maximum Gasteiger partial charge on any atom is 0.244 e. The van der Waals surface area contributed by atoms with Crippen LogP contribution in [-0.4, -0.2) is 43.5 Å². The zero-order chi connectivity index (χ0) is 20.8. The molecule has 0 aliphatic carbocycles. The first-order valence-electron chi connectivity index (χ1n) is 9.96. The predicted octanol–water partition coefficient (Wildman–Crippen LogP) is 3.70. The van der Waals surface area contributed by atoms with Gasteiger partial charge in [-0.05, 0) is 54.6 Å². The monoisotopic (exact) mass is 409 g/mol. The van der Waals surface area contributed by atoms with Crippen molar-refractivity contribution in [2.24, 2.45) is 0 Å². The Labute approximate surface area is 174 Å². The molecule has 0 radical (unpaired) electrons. The van der Waals surface area contributed by atoms with Gasteiger partial charge in [0.2, 0.25) is 5.91 Å². The molecule has 3 heterocycles. The molecule has 6 nitrogen and oxygen atoms in total. The number of rotatable bonds is 7. The van der Waals surface area contributed by atoms with E-state index in [9.17, 15) is 9.18 Å². The van der Waals surface area contributed by atoms with Crippen LogP contribution in [0.1, 0.15) is 17.6 Å². The van der Waals surface area contributed by atoms with Crippen molar-refractivity contribution < 1.29 is 18.0 Å². The van der Waals surface area contributed by atoms with Crippen LogP contribution < -0.4 is 10.2 Å². The van der Waals surface area contributed by atoms with Gasteiger partial charge in [0.1, 0.15) is 17.3 Å². The van der Waals surface area contributed by atoms with Gasteiger partial charge in [0.25, 0.3) is 0 Å². The zero-order valence-corrected chi connectivity index (χ0v) is 16.5. The summed E-state index contributed by atoms with van der Waals surface area (Å²) in [6.07, 6.45) is 6.31. The molecule has 7 heteroatoms. The number of furan rings is 2. The summed E-state index contributed by atoms with van der Waals surface area (Å²) in [5.74, 6) is 1.03. The highest BCUT2D eigenvalue weighted by Crippen LogP contribution is 2.24. The summed E-state index contributed by atoms with van der Waals surface area (Å²) in [6, 6.07) is 13.9. The predicted molar refractivity (Wildman–Crippen MR) is 112 cm³/mol. The van der Waals surface area contributed by atoms with Crippen LogP contribution in [0.25, 0.3) is 6.08 Å². The van der Waals surface area contributed by atoms with E-state index in [-0.39, 0.29) is 17.8 Å². The molecule has 0 bridgehead atoms. The lowest BCUT2D eigenvalue weighted by molar-refractivity contribution is -0.116. The Balaban J connectivity index is 1.36. The Bertz CT molecular complexity index is 944.